The Labute approximate surface area is 222 Å². The van der Waals surface area contributed by atoms with Crippen molar-refractivity contribution in [1.82, 2.24) is 29.9 Å². The van der Waals surface area contributed by atoms with Crippen molar-refractivity contribution in [2.45, 2.75) is 6.04 Å². The Balaban J connectivity index is 1.38. The molecule has 0 bridgehead atoms. The van der Waals surface area contributed by atoms with E-state index in [-0.39, 0.29) is 18.1 Å². The van der Waals surface area contributed by atoms with Gasteiger partial charge in [0, 0.05) is 37.4 Å². The van der Waals surface area contributed by atoms with E-state index in [1.54, 1.807) is 42.5 Å². The SMILES string of the molecule is Cn1[nH]c(=O)c2ccc(Nc3cc(N[C@H](CO)c4ccccc4)c(-c4nnc(-c5cccnc5)o4)cn3)cc21. The summed E-state index contributed by atoms with van der Waals surface area (Å²) in [6.45, 7) is -0.141. The van der Waals surface area contributed by atoms with Crippen LogP contribution in [0.3, 0.4) is 0 Å². The first-order chi connectivity index (χ1) is 19.1. The standard InChI is InChI=1S/C28H24N8O3/c1-36-24-12-19(9-10-20(24)26(38)35-36)31-25-13-22(32-23(16-37)17-6-3-2-4-7-17)21(15-30-25)28-34-33-27(39-28)18-8-5-11-29-14-18/h2-15,23,37H,16H2,1H3,(H,35,38)(H2,30,31,32)/t23-/m1/s1. The Kier molecular flexibility index (Phi) is 6.31. The van der Waals surface area contributed by atoms with Crippen LogP contribution >= 0.6 is 0 Å². The van der Waals surface area contributed by atoms with Crippen LogP contribution in [-0.4, -0.2) is 41.7 Å². The summed E-state index contributed by atoms with van der Waals surface area (Å²) in [6.07, 6.45) is 4.95. The van der Waals surface area contributed by atoms with Gasteiger partial charge in [0.2, 0.25) is 5.89 Å². The van der Waals surface area contributed by atoms with Gasteiger partial charge >= 0.3 is 0 Å². The van der Waals surface area contributed by atoms with Gasteiger partial charge in [-0.25, -0.2) is 4.98 Å². The highest BCUT2D eigenvalue weighted by molar-refractivity contribution is 5.83. The highest BCUT2D eigenvalue weighted by atomic mass is 16.4. The normalized spacial score (nSPS) is 11.9. The molecule has 6 aromatic rings. The minimum absolute atomic E-state index is 0.141. The highest BCUT2D eigenvalue weighted by Crippen LogP contribution is 2.33. The predicted molar refractivity (Wildman–Crippen MR) is 147 cm³/mol. The van der Waals surface area contributed by atoms with E-state index < -0.39 is 6.04 Å². The van der Waals surface area contributed by atoms with Gasteiger partial charge in [0.1, 0.15) is 5.82 Å². The number of H-pyrrole nitrogens is 1. The second-order valence-electron chi connectivity index (χ2n) is 8.92. The summed E-state index contributed by atoms with van der Waals surface area (Å²) in [5.41, 5.74) is 4.18. The number of nitrogens with zero attached hydrogens (tertiary/aromatic N) is 5. The molecule has 0 aliphatic carbocycles. The van der Waals surface area contributed by atoms with E-state index >= 15 is 0 Å². The largest absolute Gasteiger partial charge is 0.416 e. The van der Waals surface area contributed by atoms with Gasteiger partial charge in [-0.05, 0) is 35.9 Å². The number of aromatic nitrogens is 6. The highest BCUT2D eigenvalue weighted by Gasteiger charge is 2.19. The number of aliphatic hydroxyl groups excluding tert-OH is 1. The molecule has 6 rings (SSSR count). The zero-order valence-electron chi connectivity index (χ0n) is 20.9. The third-order valence-electron chi connectivity index (χ3n) is 6.33. The molecule has 4 N–H and O–H groups in total. The smallest absolute Gasteiger partial charge is 0.271 e. The predicted octanol–water partition coefficient (Wildman–Crippen LogP) is 4.26. The number of fused-ring (bicyclic) bond motifs is 1. The van der Waals surface area contributed by atoms with Crippen LogP contribution in [-0.2, 0) is 7.05 Å². The summed E-state index contributed by atoms with van der Waals surface area (Å²) in [7, 11) is 1.78. The van der Waals surface area contributed by atoms with Crippen LogP contribution in [0.25, 0.3) is 33.8 Å². The van der Waals surface area contributed by atoms with Crippen LogP contribution < -0.4 is 16.2 Å². The molecule has 39 heavy (non-hydrogen) atoms. The number of aliphatic hydroxyl groups is 1. The molecule has 0 amide bonds. The number of anilines is 3. The molecule has 0 fully saturated rings. The lowest BCUT2D eigenvalue weighted by atomic mass is 10.1. The molecule has 0 aliphatic rings. The fraction of sp³-hybridized carbons (Fsp3) is 0.107. The van der Waals surface area contributed by atoms with Crippen molar-refractivity contribution in [2.24, 2.45) is 7.05 Å². The number of hydrogen-bond acceptors (Lipinski definition) is 9. The first-order valence-corrected chi connectivity index (χ1v) is 12.2. The van der Waals surface area contributed by atoms with E-state index in [9.17, 15) is 9.90 Å². The number of rotatable bonds is 8. The number of pyridine rings is 2. The first kappa shape index (κ1) is 24.1. The van der Waals surface area contributed by atoms with Crippen LogP contribution in [0, 0.1) is 0 Å². The van der Waals surface area contributed by atoms with Gasteiger partial charge in [0.05, 0.1) is 40.4 Å². The van der Waals surface area contributed by atoms with E-state index in [0.717, 1.165) is 16.8 Å². The summed E-state index contributed by atoms with van der Waals surface area (Å²) in [6, 6.07) is 20.1. The van der Waals surface area contributed by atoms with Gasteiger partial charge in [0.25, 0.3) is 11.4 Å². The number of aromatic amines is 1. The maximum Gasteiger partial charge on any atom is 0.271 e. The molecule has 2 aromatic carbocycles. The van der Waals surface area contributed by atoms with Crippen molar-refractivity contribution in [2.75, 3.05) is 17.2 Å². The third kappa shape index (κ3) is 4.86. The average molecular weight is 521 g/mol. The zero-order chi connectivity index (χ0) is 26.8. The Morgan fingerprint density at radius 3 is 2.67 bits per heavy atom. The van der Waals surface area contributed by atoms with Gasteiger partial charge in [0.15, 0.2) is 0 Å². The first-order valence-electron chi connectivity index (χ1n) is 12.2. The summed E-state index contributed by atoms with van der Waals surface area (Å²) in [4.78, 5) is 20.8. The molecule has 4 heterocycles. The second kappa shape index (κ2) is 10.2. The summed E-state index contributed by atoms with van der Waals surface area (Å²) in [5, 5.41) is 28.7. The fourth-order valence-corrected chi connectivity index (χ4v) is 4.36. The van der Waals surface area contributed by atoms with Crippen LogP contribution in [0.1, 0.15) is 11.6 Å². The van der Waals surface area contributed by atoms with E-state index in [1.165, 1.54) is 0 Å². The molecule has 4 aromatic heterocycles. The van der Waals surface area contributed by atoms with Crippen molar-refractivity contribution < 1.29 is 9.52 Å². The van der Waals surface area contributed by atoms with Crippen molar-refractivity contribution >= 4 is 28.1 Å². The maximum atomic E-state index is 12.1. The lowest BCUT2D eigenvalue weighted by Crippen LogP contribution is -2.15. The van der Waals surface area contributed by atoms with E-state index in [1.807, 2.05) is 54.6 Å². The van der Waals surface area contributed by atoms with Gasteiger partial charge in [-0.2, -0.15) is 0 Å². The van der Waals surface area contributed by atoms with Crippen LogP contribution in [0.15, 0.2) is 94.5 Å². The van der Waals surface area contributed by atoms with Crippen LogP contribution in [0.5, 0.6) is 0 Å². The van der Waals surface area contributed by atoms with Crippen molar-refractivity contribution in [1.29, 1.82) is 0 Å². The Bertz CT molecular complexity index is 1790. The lowest BCUT2D eigenvalue weighted by molar-refractivity contribution is 0.276. The minimum atomic E-state index is -0.397. The van der Waals surface area contributed by atoms with Crippen molar-refractivity contribution in [3.8, 4) is 22.9 Å². The Morgan fingerprint density at radius 2 is 1.87 bits per heavy atom. The zero-order valence-corrected chi connectivity index (χ0v) is 20.9. The van der Waals surface area contributed by atoms with Crippen LogP contribution in [0.4, 0.5) is 17.2 Å². The molecule has 0 saturated heterocycles. The maximum absolute atomic E-state index is 12.1. The summed E-state index contributed by atoms with van der Waals surface area (Å²) >= 11 is 0. The second-order valence-corrected chi connectivity index (χ2v) is 8.92. The molecule has 194 valence electrons. The molecule has 1 atom stereocenters. The summed E-state index contributed by atoms with van der Waals surface area (Å²) in [5.74, 6) is 1.14. The fourth-order valence-electron chi connectivity index (χ4n) is 4.36. The van der Waals surface area contributed by atoms with E-state index in [4.69, 9.17) is 4.42 Å². The Morgan fingerprint density at radius 1 is 1.03 bits per heavy atom. The van der Waals surface area contributed by atoms with Crippen molar-refractivity contribution in [3.05, 3.63) is 101 Å². The molecule has 0 saturated carbocycles. The average Bonchev–Trinajstić information content (AvgIpc) is 3.57. The number of hydrogen-bond donors (Lipinski definition) is 4. The number of aryl methyl sites for hydroxylation is 1. The number of nitrogens with one attached hydrogen (secondary N) is 3. The third-order valence-corrected chi connectivity index (χ3v) is 6.33. The van der Waals surface area contributed by atoms with Gasteiger partial charge in [-0.1, -0.05) is 30.3 Å². The van der Waals surface area contributed by atoms with E-state index in [0.29, 0.717) is 33.9 Å². The molecular weight excluding hydrogens is 496 g/mol. The van der Waals surface area contributed by atoms with Crippen molar-refractivity contribution in [3.63, 3.8) is 0 Å². The molecule has 11 heteroatoms. The quantitative estimate of drug-likeness (QED) is 0.231. The molecule has 0 radical (unpaired) electrons. The van der Waals surface area contributed by atoms with Gasteiger partial charge < -0.3 is 20.2 Å². The number of benzene rings is 2. The Hall–Kier alpha value is -5.29. The monoisotopic (exact) mass is 520 g/mol. The van der Waals surface area contributed by atoms with Crippen LogP contribution in [0.2, 0.25) is 0 Å². The molecule has 0 spiro atoms. The van der Waals surface area contributed by atoms with E-state index in [2.05, 4.69) is 35.9 Å². The lowest BCUT2D eigenvalue weighted by Gasteiger charge is -2.20. The molecular formula is C28H24N8O3. The van der Waals surface area contributed by atoms with Gasteiger partial charge in [-0.3, -0.25) is 19.6 Å². The topological polar surface area (TPSA) is 147 Å². The minimum Gasteiger partial charge on any atom is -0.416 e. The molecule has 0 aliphatic heterocycles. The molecule has 11 nitrogen and oxygen atoms in total. The summed E-state index contributed by atoms with van der Waals surface area (Å²) < 4.78 is 7.65. The van der Waals surface area contributed by atoms with Gasteiger partial charge in [-0.15, -0.1) is 10.2 Å². The molecule has 0 unspecified atom stereocenters.